The molecule has 0 bridgehead atoms. The fourth-order valence-electron chi connectivity index (χ4n) is 2.51. The van der Waals surface area contributed by atoms with Gasteiger partial charge in [0, 0.05) is 24.3 Å². The van der Waals surface area contributed by atoms with Gasteiger partial charge in [-0.25, -0.2) is 0 Å². The molecule has 0 fully saturated rings. The number of carbonyl (C=O) groups excluding carboxylic acids is 4. The Hall–Kier alpha value is -4.32. The highest BCUT2D eigenvalue weighted by molar-refractivity contribution is 6.13. The minimum atomic E-state index is -0.329. The van der Waals surface area contributed by atoms with Crippen LogP contribution in [0.3, 0.4) is 0 Å². The van der Waals surface area contributed by atoms with Gasteiger partial charge in [0.1, 0.15) is 0 Å². The van der Waals surface area contributed by atoms with Crippen molar-refractivity contribution in [3.05, 3.63) is 95.1 Å². The van der Waals surface area contributed by atoms with Crippen molar-refractivity contribution in [2.24, 2.45) is 0 Å². The van der Waals surface area contributed by atoms with Crippen LogP contribution in [0, 0.1) is 0 Å². The van der Waals surface area contributed by atoms with Gasteiger partial charge >= 0.3 is 0 Å². The SMILES string of the molecule is C1=Cc2ccccc21.C1=Cc2ccccc21.O=C1C=CC(=O)N1.O=C1C=CC(=O)N1. The molecule has 0 unspecified atom stereocenters. The van der Waals surface area contributed by atoms with Gasteiger partial charge in [-0.1, -0.05) is 72.8 Å². The molecule has 0 radical (unpaired) electrons. The second-order valence-electron chi connectivity index (χ2n) is 6.30. The number of carbonyl (C=O) groups is 4. The Morgan fingerprint density at radius 2 is 0.600 bits per heavy atom. The third kappa shape index (κ3) is 5.84. The molecule has 2 aromatic carbocycles. The molecule has 148 valence electrons. The summed E-state index contributed by atoms with van der Waals surface area (Å²) in [4.78, 5) is 40.1. The van der Waals surface area contributed by atoms with Crippen molar-refractivity contribution < 1.29 is 19.2 Å². The Morgan fingerprint density at radius 1 is 0.367 bits per heavy atom. The van der Waals surface area contributed by atoms with E-state index in [1.54, 1.807) is 0 Å². The topological polar surface area (TPSA) is 92.3 Å². The number of imide groups is 2. The first-order valence-corrected chi connectivity index (χ1v) is 9.11. The van der Waals surface area contributed by atoms with E-state index in [-0.39, 0.29) is 23.6 Å². The third-order valence-corrected chi connectivity index (χ3v) is 4.14. The fourth-order valence-corrected chi connectivity index (χ4v) is 2.51. The molecule has 0 aromatic heterocycles. The second kappa shape index (κ2) is 9.75. The van der Waals surface area contributed by atoms with Crippen molar-refractivity contribution in [3.63, 3.8) is 0 Å². The molecule has 2 N–H and O–H groups in total. The Labute approximate surface area is 173 Å². The summed E-state index contributed by atoms with van der Waals surface area (Å²) in [6, 6.07) is 16.7. The number of benzene rings is 2. The van der Waals surface area contributed by atoms with Gasteiger partial charge < -0.3 is 0 Å². The molecular formula is C24H18N2O4. The Kier molecular flexibility index (Phi) is 6.63. The summed E-state index contributed by atoms with van der Waals surface area (Å²) in [5.74, 6) is -1.31. The molecule has 2 aliphatic heterocycles. The molecule has 6 heteroatoms. The summed E-state index contributed by atoms with van der Waals surface area (Å²) in [5.41, 5.74) is 5.47. The van der Waals surface area contributed by atoms with Crippen molar-refractivity contribution in [2.45, 2.75) is 0 Å². The van der Waals surface area contributed by atoms with Crippen molar-refractivity contribution >= 4 is 47.9 Å². The van der Waals surface area contributed by atoms with Crippen molar-refractivity contribution in [1.29, 1.82) is 0 Å². The molecular weight excluding hydrogens is 380 g/mol. The monoisotopic (exact) mass is 398 g/mol. The first kappa shape index (κ1) is 20.4. The van der Waals surface area contributed by atoms with E-state index in [9.17, 15) is 19.2 Å². The van der Waals surface area contributed by atoms with E-state index in [0.29, 0.717) is 0 Å². The standard InChI is InChI=1S/2C8H6.2C4H3NO2/c2*1-2-4-8-6-5-7(8)3-1;2*6-3-1-2-4(7)5-3/h2*1-6H;2*1-2H,(H,5,6,7). The lowest BCUT2D eigenvalue weighted by Gasteiger charge is -2.06. The lowest BCUT2D eigenvalue weighted by atomic mass is 9.99. The first-order chi connectivity index (χ1) is 14.5. The smallest absolute Gasteiger partial charge is 0.250 e. The highest BCUT2D eigenvalue weighted by Gasteiger charge is 2.07. The van der Waals surface area contributed by atoms with Gasteiger partial charge in [0.05, 0.1) is 0 Å². The van der Waals surface area contributed by atoms with Crippen LogP contribution in [-0.2, 0) is 19.2 Å². The predicted molar refractivity (Wildman–Crippen MR) is 115 cm³/mol. The summed E-state index contributed by atoms with van der Waals surface area (Å²) < 4.78 is 0. The van der Waals surface area contributed by atoms with Crippen LogP contribution in [0.5, 0.6) is 0 Å². The van der Waals surface area contributed by atoms with E-state index < -0.39 is 0 Å². The van der Waals surface area contributed by atoms with Crippen LogP contribution >= 0.6 is 0 Å². The molecule has 4 aliphatic rings. The first-order valence-electron chi connectivity index (χ1n) is 9.11. The van der Waals surface area contributed by atoms with Gasteiger partial charge in [-0.3, -0.25) is 29.8 Å². The summed E-state index contributed by atoms with van der Waals surface area (Å²) >= 11 is 0. The summed E-state index contributed by atoms with van der Waals surface area (Å²) in [7, 11) is 0. The van der Waals surface area contributed by atoms with E-state index in [1.807, 2.05) is 10.6 Å². The molecule has 6 rings (SSSR count). The van der Waals surface area contributed by atoms with E-state index in [2.05, 4.69) is 72.8 Å². The quantitative estimate of drug-likeness (QED) is 0.446. The van der Waals surface area contributed by atoms with Crippen LogP contribution in [0.4, 0.5) is 0 Å². The zero-order chi connectivity index (χ0) is 21.3. The third-order valence-electron chi connectivity index (χ3n) is 4.14. The molecule has 4 amide bonds. The number of rotatable bonds is 0. The average Bonchev–Trinajstić information content (AvgIpc) is 3.25. The second-order valence-corrected chi connectivity index (χ2v) is 6.30. The lowest BCUT2D eigenvalue weighted by molar-refractivity contribution is -0.125. The van der Waals surface area contributed by atoms with Gasteiger partial charge in [-0.2, -0.15) is 0 Å². The lowest BCUT2D eigenvalue weighted by Crippen LogP contribution is -2.19. The van der Waals surface area contributed by atoms with Gasteiger partial charge in [-0.05, 0) is 22.3 Å². The van der Waals surface area contributed by atoms with Gasteiger partial charge in [0.25, 0.3) is 23.6 Å². The van der Waals surface area contributed by atoms with Crippen LogP contribution in [0.25, 0.3) is 24.3 Å². The van der Waals surface area contributed by atoms with Crippen LogP contribution < -0.4 is 10.6 Å². The molecule has 6 nitrogen and oxygen atoms in total. The molecule has 0 saturated carbocycles. The maximum Gasteiger partial charge on any atom is 0.250 e. The van der Waals surface area contributed by atoms with Gasteiger partial charge in [0.2, 0.25) is 0 Å². The maximum atomic E-state index is 10.0. The Morgan fingerprint density at radius 3 is 0.700 bits per heavy atom. The molecule has 0 atom stereocenters. The number of hydrogen-bond donors (Lipinski definition) is 2. The minimum absolute atomic E-state index is 0.329. The normalized spacial score (nSPS) is 14.9. The largest absolute Gasteiger partial charge is 0.289 e. The predicted octanol–water partition coefficient (Wildman–Crippen LogP) is 2.74. The average molecular weight is 398 g/mol. The number of nitrogens with one attached hydrogen (secondary N) is 2. The Balaban J connectivity index is 0.000000114. The van der Waals surface area contributed by atoms with E-state index in [1.165, 1.54) is 46.6 Å². The van der Waals surface area contributed by atoms with E-state index in [4.69, 9.17) is 0 Å². The fraction of sp³-hybridized carbons (Fsp3) is 0. The van der Waals surface area contributed by atoms with Crippen LogP contribution in [0.2, 0.25) is 0 Å². The van der Waals surface area contributed by atoms with Crippen molar-refractivity contribution in [1.82, 2.24) is 10.6 Å². The molecule has 0 saturated heterocycles. The molecule has 2 heterocycles. The highest BCUT2D eigenvalue weighted by atomic mass is 16.2. The van der Waals surface area contributed by atoms with Crippen molar-refractivity contribution in [2.75, 3.05) is 0 Å². The van der Waals surface area contributed by atoms with E-state index >= 15 is 0 Å². The minimum Gasteiger partial charge on any atom is -0.289 e. The van der Waals surface area contributed by atoms with Crippen molar-refractivity contribution in [3.8, 4) is 0 Å². The van der Waals surface area contributed by atoms with Gasteiger partial charge in [-0.15, -0.1) is 0 Å². The maximum absolute atomic E-state index is 10.0. The summed E-state index contributed by atoms with van der Waals surface area (Å²) in [6.45, 7) is 0. The molecule has 2 aromatic rings. The van der Waals surface area contributed by atoms with Crippen LogP contribution in [0.15, 0.2) is 72.8 Å². The zero-order valence-electron chi connectivity index (χ0n) is 15.9. The summed E-state index contributed by atoms with van der Waals surface area (Å²) in [5, 5.41) is 4.06. The van der Waals surface area contributed by atoms with Crippen LogP contribution in [0.1, 0.15) is 22.3 Å². The highest BCUT2D eigenvalue weighted by Crippen LogP contribution is 2.22. The molecule has 2 aliphatic carbocycles. The Bertz CT molecular complexity index is 952. The number of hydrogen-bond acceptors (Lipinski definition) is 4. The molecule has 30 heavy (non-hydrogen) atoms. The summed E-state index contributed by atoms with van der Waals surface area (Å²) in [6.07, 6.45) is 13.3. The van der Waals surface area contributed by atoms with E-state index in [0.717, 1.165) is 0 Å². The zero-order valence-corrected chi connectivity index (χ0v) is 15.9. The van der Waals surface area contributed by atoms with Gasteiger partial charge in [0.15, 0.2) is 0 Å². The van der Waals surface area contributed by atoms with Crippen LogP contribution in [-0.4, -0.2) is 23.6 Å². The number of fused-ring (bicyclic) bond motifs is 2. The molecule has 0 spiro atoms. The number of amides is 4.